The molecule has 16 nitrogen and oxygen atoms in total. The van der Waals surface area contributed by atoms with Gasteiger partial charge in [-0.25, -0.2) is 4.18 Å². The van der Waals surface area contributed by atoms with E-state index in [0.29, 0.717) is 0 Å². The Morgan fingerprint density at radius 3 is 1.87 bits per heavy atom. The van der Waals surface area contributed by atoms with E-state index >= 15 is 0 Å². The molecule has 180 valence electrons. The van der Waals surface area contributed by atoms with Crippen molar-refractivity contribution in [2.24, 2.45) is 0 Å². The molecule has 30 heavy (non-hydrogen) atoms. The molecule has 2 saturated heterocycles. The molecule has 2 rings (SSSR count). The van der Waals surface area contributed by atoms with E-state index < -0.39 is 85.0 Å². The molecule has 0 aliphatic carbocycles. The van der Waals surface area contributed by atoms with E-state index in [1.165, 1.54) is 0 Å². The Morgan fingerprint density at radius 1 is 0.900 bits per heavy atom. The molecule has 12 N–H and O–H groups in total. The molecule has 2 aliphatic heterocycles. The molecule has 2 fully saturated rings. The Kier molecular flexibility index (Phi) is 14.0. The first-order chi connectivity index (χ1) is 12.5. The zero-order valence-electron chi connectivity index (χ0n) is 17.4. The number of aliphatic hydroxyl groups excluding tert-OH is 7. The van der Waals surface area contributed by atoms with Crippen LogP contribution < -0.4 is 0 Å². The van der Waals surface area contributed by atoms with Crippen molar-refractivity contribution >= 4 is 48.1 Å². The van der Waals surface area contributed by atoms with Gasteiger partial charge in [-0.2, -0.15) is 8.42 Å². The van der Waals surface area contributed by atoms with Gasteiger partial charge in [0.05, 0.1) is 13.2 Å². The zero-order valence-corrected chi connectivity index (χ0v) is 18.4. The fourth-order valence-corrected chi connectivity index (χ4v) is 3.40. The molecule has 2 aliphatic rings. The Balaban J connectivity index is -0.000000784. The fourth-order valence-electron chi connectivity index (χ4n) is 2.88. The van der Waals surface area contributed by atoms with Crippen molar-refractivity contribution < 1.29 is 80.9 Å². The topological polar surface area (TPSA) is 296 Å². The maximum atomic E-state index is 11.1. The van der Waals surface area contributed by atoms with Crippen LogP contribution in [0.3, 0.4) is 0 Å². The van der Waals surface area contributed by atoms with E-state index in [-0.39, 0.29) is 51.5 Å². The third-order valence-corrected chi connectivity index (χ3v) is 4.72. The van der Waals surface area contributed by atoms with Gasteiger partial charge in [-0.05, 0) is 0 Å². The summed E-state index contributed by atoms with van der Waals surface area (Å²) in [6.07, 6.45) is -14.4. The molecular weight excluding hydrogens is 472 g/mol. The van der Waals surface area contributed by atoms with Crippen LogP contribution in [0.15, 0.2) is 0 Å². The van der Waals surface area contributed by atoms with E-state index in [1.807, 2.05) is 0 Å². The summed E-state index contributed by atoms with van der Waals surface area (Å²) in [5.74, 6) is -2.57. The van der Waals surface area contributed by atoms with Gasteiger partial charge in [0.1, 0.15) is 43.2 Å². The number of rotatable bonds is 7. The van der Waals surface area contributed by atoms with Crippen LogP contribution in [0.5, 0.6) is 0 Å². The third kappa shape index (κ3) is 6.83. The molecule has 0 bridgehead atoms. The molecule has 0 aromatic carbocycles. The van der Waals surface area contributed by atoms with Gasteiger partial charge in [-0.1, -0.05) is 0 Å². The molecular formula is C12H28CaO16S. The maximum absolute atomic E-state index is 11.1. The Hall–Kier alpha value is 0.650. The summed E-state index contributed by atoms with van der Waals surface area (Å²) in [5, 5.41) is 67.6. The van der Waals surface area contributed by atoms with Crippen LogP contribution in [-0.4, -0.2) is 172 Å². The first-order valence-electron chi connectivity index (χ1n) is 7.71. The average molecular weight is 500 g/mol. The van der Waals surface area contributed by atoms with Crippen molar-refractivity contribution in [1.29, 1.82) is 0 Å². The zero-order chi connectivity index (χ0) is 20.6. The summed E-state index contributed by atoms with van der Waals surface area (Å²) in [6.45, 7) is -2.88. The van der Waals surface area contributed by atoms with Crippen LogP contribution in [0.4, 0.5) is 0 Å². The maximum Gasteiger partial charge on any atom is 2.00 e. The molecule has 0 aromatic heterocycles. The first-order valence-corrected chi connectivity index (χ1v) is 9.07. The van der Waals surface area contributed by atoms with E-state index in [0.717, 1.165) is 0 Å². The minimum atomic E-state index is -5.19. The molecule has 0 saturated carbocycles. The summed E-state index contributed by atoms with van der Waals surface area (Å²) < 4.78 is 50.7. The van der Waals surface area contributed by atoms with Gasteiger partial charge < -0.3 is 63.8 Å². The summed E-state index contributed by atoms with van der Waals surface area (Å²) >= 11 is 0. The minimum absolute atomic E-state index is 0. The smallest absolute Gasteiger partial charge is 1.00 e. The minimum Gasteiger partial charge on any atom is -1.00 e. The largest absolute Gasteiger partial charge is 2.00 e. The monoisotopic (exact) mass is 500 g/mol. The summed E-state index contributed by atoms with van der Waals surface area (Å²) in [7, 11) is -5.19. The van der Waals surface area contributed by atoms with Crippen molar-refractivity contribution in [3.63, 3.8) is 0 Å². The molecule has 2 heterocycles. The van der Waals surface area contributed by atoms with E-state index in [2.05, 4.69) is 4.18 Å². The van der Waals surface area contributed by atoms with Crippen molar-refractivity contribution in [1.82, 2.24) is 0 Å². The normalized spacial score (nSPS) is 41.3. The van der Waals surface area contributed by atoms with Crippen LogP contribution in [0.25, 0.3) is 0 Å². The predicted molar refractivity (Wildman–Crippen MR) is 94.3 cm³/mol. The fraction of sp³-hybridized carbons (Fsp3) is 1.00. The summed E-state index contributed by atoms with van der Waals surface area (Å²) in [4.78, 5) is 0. The van der Waals surface area contributed by atoms with Gasteiger partial charge in [0.15, 0.2) is 12.4 Å². The third-order valence-electron chi connectivity index (χ3n) is 4.27. The number of hydrogen-bond acceptors (Lipinski definition) is 13. The summed E-state index contributed by atoms with van der Waals surface area (Å²) in [5.41, 5.74) is 0. The molecule has 9 atom stereocenters. The van der Waals surface area contributed by atoms with Gasteiger partial charge >= 0.3 is 48.1 Å². The van der Waals surface area contributed by atoms with E-state index in [9.17, 15) is 39.1 Å². The summed E-state index contributed by atoms with van der Waals surface area (Å²) in [6, 6.07) is 0. The van der Waals surface area contributed by atoms with Crippen LogP contribution >= 0.6 is 0 Å². The molecule has 18 heteroatoms. The number of ether oxygens (including phenoxy) is 3. The quantitative estimate of drug-likeness (QED) is 0.119. The van der Waals surface area contributed by atoms with Gasteiger partial charge in [0, 0.05) is 0 Å². The van der Waals surface area contributed by atoms with Gasteiger partial charge in [0.2, 0.25) is 5.79 Å². The van der Waals surface area contributed by atoms with Crippen molar-refractivity contribution in [3.8, 4) is 0 Å². The molecule has 0 radical (unpaired) electrons. The van der Waals surface area contributed by atoms with Crippen molar-refractivity contribution in [3.05, 3.63) is 0 Å². The van der Waals surface area contributed by atoms with E-state index in [4.69, 9.17) is 23.9 Å². The molecule has 0 spiro atoms. The SMILES string of the molecule is O.O.O=S(=O)(O)O[C@H]1[C@H](O)[C@@H](CO)O[C@@]1(CO)O[C@H]1O[C@H](CO)[C@@H](O)[C@H](O)[C@H]1O.[Ca+2].[H-].[H-]. The van der Waals surface area contributed by atoms with Crippen LogP contribution in [0.1, 0.15) is 2.85 Å². The second kappa shape index (κ2) is 12.8. The Morgan fingerprint density at radius 2 is 1.43 bits per heavy atom. The second-order valence-corrected chi connectivity index (χ2v) is 7.11. The Bertz CT molecular complexity index is 616. The van der Waals surface area contributed by atoms with Crippen molar-refractivity contribution in [2.75, 3.05) is 19.8 Å². The van der Waals surface area contributed by atoms with Crippen LogP contribution in [0, 0.1) is 0 Å². The van der Waals surface area contributed by atoms with Crippen LogP contribution in [0.2, 0.25) is 0 Å². The predicted octanol–water partition coefficient (Wildman–Crippen LogP) is -7.37. The van der Waals surface area contributed by atoms with Gasteiger partial charge in [-0.15, -0.1) is 0 Å². The van der Waals surface area contributed by atoms with Crippen molar-refractivity contribution in [2.45, 2.75) is 54.8 Å². The second-order valence-electron chi connectivity index (χ2n) is 6.06. The molecule has 0 amide bonds. The van der Waals surface area contributed by atoms with Gasteiger partial charge in [0.25, 0.3) is 0 Å². The van der Waals surface area contributed by atoms with E-state index in [1.54, 1.807) is 0 Å². The molecule has 0 aromatic rings. The number of hydrogen-bond donors (Lipinski definition) is 8. The van der Waals surface area contributed by atoms with Gasteiger partial charge in [-0.3, -0.25) is 4.55 Å². The average Bonchev–Trinajstić information content (AvgIpc) is 2.86. The van der Waals surface area contributed by atoms with Crippen LogP contribution in [-0.2, 0) is 28.8 Å². The first kappa shape index (κ1) is 32.8. The standard InChI is InChI=1S/C12H22O14S.Ca.2H2O.2H/c13-1-4-6(16)8(18)9(19)11(23-4)25-12(3-15)10(26-27(20,21)22)7(17)5(2-14)24-12;;;;;/h4-11,13-19H,1-3H2,(H,20,21,22);;2*1H2;;/q;+2;;;2*-1/t4-,5-,6-,7-,8+,9-,10+,11-,12+;;;;;/m1...../s1. The number of aliphatic hydroxyl groups is 7. The molecule has 0 unspecified atom stereocenters. The Labute approximate surface area is 203 Å².